The first-order chi connectivity index (χ1) is 5.77. The van der Waals surface area contributed by atoms with Gasteiger partial charge in [-0.2, -0.15) is 0 Å². The van der Waals surface area contributed by atoms with Gasteiger partial charge in [-0.1, -0.05) is 23.7 Å². The molecule has 1 aliphatic rings. The van der Waals surface area contributed by atoms with Crippen molar-refractivity contribution in [3.8, 4) is 0 Å². The fourth-order valence-electron chi connectivity index (χ4n) is 1.65. The maximum absolute atomic E-state index is 5.86. The second kappa shape index (κ2) is 4.32. The number of halogens is 2. The van der Waals surface area contributed by atoms with Crippen LogP contribution in [0.5, 0.6) is 0 Å². The van der Waals surface area contributed by atoms with E-state index in [0.29, 0.717) is 12.0 Å². The Labute approximate surface area is 89.7 Å². The van der Waals surface area contributed by atoms with Crippen molar-refractivity contribution in [1.29, 1.82) is 0 Å². The third-order valence-electron chi connectivity index (χ3n) is 2.63. The smallest absolute Gasteiger partial charge is 0.0406 e. The fourth-order valence-corrected chi connectivity index (χ4v) is 1.78. The van der Waals surface area contributed by atoms with Crippen LogP contribution in [0.2, 0.25) is 5.02 Å². The molecule has 1 aromatic rings. The van der Waals surface area contributed by atoms with Crippen molar-refractivity contribution in [2.75, 3.05) is 0 Å². The summed E-state index contributed by atoms with van der Waals surface area (Å²) in [6, 6.07) is 8.38. The third-order valence-corrected chi connectivity index (χ3v) is 2.88. The molecule has 0 saturated heterocycles. The maximum atomic E-state index is 5.86. The first-order valence-electron chi connectivity index (χ1n) is 4.28. The second-order valence-corrected chi connectivity index (χ2v) is 3.84. The average molecular weight is 218 g/mol. The van der Waals surface area contributed by atoms with Crippen LogP contribution >= 0.6 is 24.0 Å². The Balaban J connectivity index is 0.000000845. The first kappa shape index (κ1) is 10.8. The summed E-state index contributed by atoms with van der Waals surface area (Å²) in [6.45, 7) is 0. The summed E-state index contributed by atoms with van der Waals surface area (Å²) in [5, 5.41) is 0.798. The van der Waals surface area contributed by atoms with Crippen LogP contribution < -0.4 is 5.73 Å². The SMILES string of the molecule is Cl.N[C@H]1CC[C@H]1c1ccc(Cl)cc1. The molecule has 1 nitrogen and oxygen atoms in total. The van der Waals surface area contributed by atoms with Crippen LogP contribution in [-0.4, -0.2) is 6.04 Å². The lowest BCUT2D eigenvalue weighted by molar-refractivity contribution is 0.347. The van der Waals surface area contributed by atoms with Crippen LogP contribution in [0.25, 0.3) is 0 Å². The minimum Gasteiger partial charge on any atom is -0.327 e. The number of hydrogen-bond acceptors (Lipinski definition) is 1. The maximum Gasteiger partial charge on any atom is 0.0406 e. The van der Waals surface area contributed by atoms with Gasteiger partial charge in [0, 0.05) is 11.1 Å². The third kappa shape index (κ3) is 2.16. The first-order valence-corrected chi connectivity index (χ1v) is 4.66. The van der Waals surface area contributed by atoms with Crippen molar-refractivity contribution in [2.24, 2.45) is 5.73 Å². The van der Waals surface area contributed by atoms with Gasteiger partial charge < -0.3 is 5.73 Å². The van der Waals surface area contributed by atoms with Gasteiger partial charge >= 0.3 is 0 Å². The van der Waals surface area contributed by atoms with E-state index in [1.54, 1.807) is 0 Å². The van der Waals surface area contributed by atoms with E-state index in [4.69, 9.17) is 17.3 Å². The minimum absolute atomic E-state index is 0. The molecule has 2 atom stereocenters. The minimum atomic E-state index is 0. The molecule has 0 amide bonds. The van der Waals surface area contributed by atoms with Crippen LogP contribution in [-0.2, 0) is 0 Å². The van der Waals surface area contributed by atoms with E-state index in [2.05, 4.69) is 12.1 Å². The summed E-state index contributed by atoms with van der Waals surface area (Å²) in [5.41, 5.74) is 7.19. The highest BCUT2D eigenvalue weighted by Crippen LogP contribution is 2.35. The molecular weight excluding hydrogens is 205 g/mol. The molecular formula is C10H13Cl2N. The molecule has 0 radical (unpaired) electrons. The summed E-state index contributed by atoms with van der Waals surface area (Å²) in [4.78, 5) is 0. The molecule has 0 aromatic heterocycles. The molecule has 0 bridgehead atoms. The summed E-state index contributed by atoms with van der Waals surface area (Å²) < 4.78 is 0. The zero-order chi connectivity index (χ0) is 8.55. The van der Waals surface area contributed by atoms with Crippen LogP contribution in [0.15, 0.2) is 24.3 Å². The van der Waals surface area contributed by atoms with Crippen LogP contribution in [0.3, 0.4) is 0 Å². The normalized spacial score (nSPS) is 26.0. The van der Waals surface area contributed by atoms with E-state index >= 15 is 0 Å². The number of hydrogen-bond donors (Lipinski definition) is 1. The van der Waals surface area contributed by atoms with Gasteiger partial charge in [-0.15, -0.1) is 12.4 Å². The van der Waals surface area contributed by atoms with E-state index in [1.165, 1.54) is 12.0 Å². The molecule has 1 aromatic carbocycles. The Kier molecular flexibility index (Phi) is 3.60. The van der Waals surface area contributed by atoms with Crippen molar-refractivity contribution < 1.29 is 0 Å². The van der Waals surface area contributed by atoms with Gasteiger partial charge in [-0.05, 0) is 36.5 Å². The summed E-state index contributed by atoms with van der Waals surface area (Å²) in [7, 11) is 0. The molecule has 0 unspecified atom stereocenters. The molecule has 3 heteroatoms. The predicted octanol–water partition coefficient (Wildman–Crippen LogP) is 2.97. The zero-order valence-electron chi connectivity index (χ0n) is 7.24. The van der Waals surface area contributed by atoms with Gasteiger partial charge in [-0.3, -0.25) is 0 Å². The molecule has 1 aliphatic carbocycles. The van der Waals surface area contributed by atoms with E-state index in [9.17, 15) is 0 Å². The molecule has 1 saturated carbocycles. The molecule has 13 heavy (non-hydrogen) atoms. The van der Waals surface area contributed by atoms with Crippen molar-refractivity contribution >= 4 is 24.0 Å². The van der Waals surface area contributed by atoms with Crippen molar-refractivity contribution in [3.05, 3.63) is 34.9 Å². The molecule has 0 spiro atoms. The van der Waals surface area contributed by atoms with Gasteiger partial charge in [-0.25, -0.2) is 0 Å². The highest BCUT2D eigenvalue weighted by molar-refractivity contribution is 6.30. The Bertz CT molecular complexity index is 271. The summed E-state index contributed by atoms with van der Waals surface area (Å²) in [6.07, 6.45) is 2.39. The quantitative estimate of drug-likeness (QED) is 0.770. The second-order valence-electron chi connectivity index (χ2n) is 3.40. The van der Waals surface area contributed by atoms with E-state index in [0.717, 1.165) is 11.4 Å². The molecule has 0 aliphatic heterocycles. The highest BCUT2D eigenvalue weighted by Gasteiger charge is 2.28. The van der Waals surface area contributed by atoms with E-state index in [-0.39, 0.29) is 12.4 Å². The van der Waals surface area contributed by atoms with Gasteiger partial charge in [0.25, 0.3) is 0 Å². The van der Waals surface area contributed by atoms with E-state index < -0.39 is 0 Å². The Morgan fingerprint density at radius 2 is 1.77 bits per heavy atom. The Hall–Kier alpha value is -0.240. The highest BCUT2D eigenvalue weighted by atomic mass is 35.5. The standard InChI is InChI=1S/C10H12ClN.ClH/c11-8-3-1-7(2-4-8)9-5-6-10(9)12;/h1-4,9-10H,5-6,12H2;1H/t9-,10-;/m0./s1. The van der Waals surface area contributed by atoms with Gasteiger partial charge in [0.05, 0.1) is 0 Å². The molecule has 2 rings (SSSR count). The monoisotopic (exact) mass is 217 g/mol. The van der Waals surface area contributed by atoms with Crippen LogP contribution in [0, 0.1) is 0 Å². The van der Waals surface area contributed by atoms with Crippen molar-refractivity contribution in [2.45, 2.75) is 24.8 Å². The summed E-state index contributed by atoms with van der Waals surface area (Å²) in [5.74, 6) is 0.572. The van der Waals surface area contributed by atoms with Crippen LogP contribution in [0.1, 0.15) is 24.3 Å². The molecule has 0 heterocycles. The molecule has 72 valence electrons. The van der Waals surface area contributed by atoms with Gasteiger partial charge in [0.1, 0.15) is 0 Å². The molecule has 1 fully saturated rings. The lowest BCUT2D eigenvalue weighted by atomic mass is 9.76. The largest absolute Gasteiger partial charge is 0.327 e. The zero-order valence-corrected chi connectivity index (χ0v) is 8.81. The van der Waals surface area contributed by atoms with Crippen LogP contribution in [0.4, 0.5) is 0 Å². The predicted molar refractivity (Wildman–Crippen MR) is 58.7 cm³/mol. The number of benzene rings is 1. The van der Waals surface area contributed by atoms with Crippen molar-refractivity contribution in [1.82, 2.24) is 0 Å². The topological polar surface area (TPSA) is 26.0 Å². The summed E-state index contributed by atoms with van der Waals surface area (Å²) >= 11 is 5.78. The van der Waals surface area contributed by atoms with E-state index in [1.807, 2.05) is 12.1 Å². The number of nitrogens with two attached hydrogens (primary N) is 1. The van der Waals surface area contributed by atoms with Gasteiger partial charge in [0.15, 0.2) is 0 Å². The van der Waals surface area contributed by atoms with Crippen molar-refractivity contribution in [3.63, 3.8) is 0 Å². The lowest BCUT2D eigenvalue weighted by Crippen LogP contribution is -2.37. The average Bonchev–Trinajstić information content (AvgIpc) is 2.06. The Morgan fingerprint density at radius 1 is 1.15 bits per heavy atom. The number of rotatable bonds is 1. The lowest BCUT2D eigenvalue weighted by Gasteiger charge is -2.33. The fraction of sp³-hybridized carbons (Fsp3) is 0.400. The Morgan fingerprint density at radius 3 is 2.15 bits per heavy atom. The molecule has 2 N–H and O–H groups in total. The van der Waals surface area contributed by atoms with Gasteiger partial charge in [0.2, 0.25) is 0 Å².